The van der Waals surface area contributed by atoms with Crippen LogP contribution >= 0.6 is 21.2 Å². The van der Waals surface area contributed by atoms with Crippen LogP contribution in [0.5, 0.6) is 0 Å². The summed E-state index contributed by atoms with van der Waals surface area (Å²) >= 11 is 0. The fraction of sp³-hybridized carbons (Fsp3) is 0. The van der Waals surface area contributed by atoms with Crippen LogP contribution in [0.3, 0.4) is 0 Å². The maximum Gasteiger partial charge on any atom is 0.272 e. The summed E-state index contributed by atoms with van der Waals surface area (Å²) in [5, 5.41) is 9.96. The van der Waals surface area contributed by atoms with Gasteiger partial charge in [0.2, 0.25) is 0 Å². The molecule has 7 aromatic rings. The van der Waals surface area contributed by atoms with Crippen molar-refractivity contribution in [2.24, 2.45) is 0 Å². The highest BCUT2D eigenvalue weighted by Crippen LogP contribution is 2.99. The van der Waals surface area contributed by atoms with Gasteiger partial charge >= 0.3 is 0 Å². The number of hydrogen-bond acceptors (Lipinski definition) is 0. The van der Waals surface area contributed by atoms with Gasteiger partial charge in [0.1, 0.15) is 31.8 Å². The third-order valence-electron chi connectivity index (χ3n) is 8.33. The van der Waals surface area contributed by atoms with Crippen LogP contribution in [-0.2, 0) is 0 Å². The molecule has 0 aliphatic rings. The fourth-order valence-electron chi connectivity index (χ4n) is 6.52. The van der Waals surface area contributed by atoms with Crippen molar-refractivity contribution < 1.29 is 0 Å². The Balaban J connectivity index is 1.77. The van der Waals surface area contributed by atoms with Gasteiger partial charge < -0.3 is 0 Å². The second-order valence-electron chi connectivity index (χ2n) is 10.9. The van der Waals surface area contributed by atoms with E-state index in [2.05, 4.69) is 212 Å². The van der Waals surface area contributed by atoms with E-state index in [0.717, 1.165) is 0 Å². The predicted octanol–water partition coefficient (Wildman–Crippen LogP) is 8.61. The molecule has 0 radical (unpaired) electrons. The van der Waals surface area contributed by atoms with Crippen molar-refractivity contribution >= 4 is 58.3 Å². The van der Waals surface area contributed by atoms with Crippen molar-refractivity contribution in [2.75, 3.05) is 0 Å². The molecule has 7 rings (SSSR count). The van der Waals surface area contributed by atoms with E-state index in [1.54, 1.807) is 0 Å². The summed E-state index contributed by atoms with van der Waals surface area (Å²) in [6, 6.07) is 80.2. The number of rotatable bonds is 9. The minimum Gasteiger partial charge on any atom is -0.0622 e. The lowest BCUT2D eigenvalue weighted by Gasteiger charge is -2.40. The van der Waals surface area contributed by atoms with E-state index in [-0.39, 0.29) is 0 Å². The molecule has 0 saturated heterocycles. The topological polar surface area (TPSA) is 0 Å². The molecule has 0 heterocycles. The summed E-state index contributed by atoms with van der Waals surface area (Å²) < 4.78 is 0. The van der Waals surface area contributed by atoms with Crippen molar-refractivity contribution in [3.05, 3.63) is 212 Å². The van der Waals surface area contributed by atoms with Crippen LogP contribution in [0.1, 0.15) is 0 Å². The van der Waals surface area contributed by atoms with Crippen LogP contribution in [0.25, 0.3) is 0 Å². The van der Waals surface area contributed by atoms with Crippen LogP contribution in [0.4, 0.5) is 0 Å². The predicted molar refractivity (Wildman–Crippen MR) is 203 cm³/mol. The Kier molecular flexibility index (Phi) is 8.83. The highest BCUT2D eigenvalue weighted by molar-refractivity contribution is 8.80. The molecule has 0 bridgehead atoms. The molecule has 3 heteroatoms. The first-order chi connectivity index (χ1) is 22.4. The molecule has 0 aliphatic heterocycles. The molecule has 216 valence electrons. The number of benzene rings is 7. The summed E-state index contributed by atoms with van der Waals surface area (Å²) in [7, 11) is -0.987. The lowest BCUT2D eigenvalue weighted by molar-refractivity contribution is 1.73. The molecule has 0 nitrogen and oxygen atoms in total. The molecular weight excluding hydrogens is 597 g/mol. The van der Waals surface area contributed by atoms with Gasteiger partial charge in [0.05, 0.1) is 5.30 Å². The maximum atomic E-state index is 2.42. The Hall–Kier alpha value is -4.17. The van der Waals surface area contributed by atoms with Gasteiger partial charge in [-0.3, -0.25) is 0 Å². The van der Waals surface area contributed by atoms with Crippen LogP contribution in [0, 0.1) is 0 Å². The largest absolute Gasteiger partial charge is 0.272 e. The van der Waals surface area contributed by atoms with Crippen molar-refractivity contribution in [1.82, 2.24) is 0 Å². The first kappa shape index (κ1) is 29.5. The first-order valence-electron chi connectivity index (χ1n) is 15.3. The van der Waals surface area contributed by atoms with Crippen LogP contribution in [0.2, 0.25) is 0 Å². The summed E-state index contributed by atoms with van der Waals surface area (Å²) in [4.78, 5) is 0. The molecule has 0 fully saturated rings. The first-order valence-corrected chi connectivity index (χ1v) is 21.7. The zero-order valence-corrected chi connectivity index (χ0v) is 27.7. The Morgan fingerprint density at radius 3 is 0.600 bits per heavy atom. The average molecular weight is 633 g/mol. The third kappa shape index (κ3) is 5.29. The fourth-order valence-corrected chi connectivity index (χ4v) is 34.4. The van der Waals surface area contributed by atoms with E-state index in [1.807, 2.05) is 0 Å². The second-order valence-corrected chi connectivity index (χ2v) is 24.6. The van der Waals surface area contributed by atoms with E-state index in [1.165, 1.54) is 37.1 Å². The molecule has 0 aliphatic carbocycles. The monoisotopic (exact) mass is 632 g/mol. The summed E-state index contributed by atoms with van der Waals surface area (Å²) in [6.07, 6.45) is 0. The average Bonchev–Trinajstić information content (AvgIpc) is 3.14. The molecule has 0 saturated carbocycles. The Bertz CT molecular complexity index is 1600. The zero-order chi connectivity index (χ0) is 30.4. The van der Waals surface area contributed by atoms with E-state index in [0.29, 0.717) is 0 Å². The summed E-state index contributed by atoms with van der Waals surface area (Å²) in [6.45, 7) is -4.78. The molecule has 45 heavy (non-hydrogen) atoms. The molecule has 0 aromatic heterocycles. The van der Waals surface area contributed by atoms with Gasteiger partial charge in [0.25, 0.3) is 7.30 Å². The van der Waals surface area contributed by atoms with Crippen LogP contribution < -0.4 is 37.1 Å². The van der Waals surface area contributed by atoms with Gasteiger partial charge in [-0.25, -0.2) is 0 Å². The van der Waals surface area contributed by atoms with Gasteiger partial charge in [-0.15, -0.1) is 0 Å². The minimum absolute atomic E-state index is 0.987. The second kappa shape index (κ2) is 13.4. The van der Waals surface area contributed by atoms with Crippen LogP contribution in [-0.4, -0.2) is 0 Å². The molecule has 7 aromatic carbocycles. The lowest BCUT2D eigenvalue weighted by Crippen LogP contribution is -2.38. The van der Waals surface area contributed by atoms with Gasteiger partial charge in [0, 0.05) is 0 Å². The smallest absolute Gasteiger partial charge is 0.0622 e. The van der Waals surface area contributed by atoms with Crippen LogP contribution in [0.15, 0.2) is 212 Å². The van der Waals surface area contributed by atoms with E-state index < -0.39 is 21.2 Å². The molecule has 0 N–H and O–H groups in total. The Labute approximate surface area is 269 Å². The SMILES string of the molecule is c1ccc(P([P+](c2ccccc2)(c2ccccc2)c2ccccc2)[P+](c2ccccc2)(c2ccccc2)c2ccccc2)cc1. The van der Waals surface area contributed by atoms with Crippen molar-refractivity contribution in [2.45, 2.75) is 0 Å². The Morgan fingerprint density at radius 1 is 0.222 bits per heavy atom. The standard InChI is InChI=1S/C42H35P3/c1-8-22-36(23-9-1)43(44(37-24-10-2-11-25-37,38-26-12-3-13-27-38)39-28-14-4-15-29-39)45(40-30-16-5-17-31-40,41-32-18-6-19-33-41)42-34-20-7-21-35-42/h1-35H/q+2. The molecule has 0 amide bonds. The minimum atomic E-state index is -2.39. The van der Waals surface area contributed by atoms with Gasteiger partial charge in [-0.2, -0.15) is 0 Å². The summed E-state index contributed by atoms with van der Waals surface area (Å²) in [5.74, 6) is 0. The molecular formula is C42H35P3+2. The summed E-state index contributed by atoms with van der Waals surface area (Å²) in [5.41, 5.74) is 0. The Morgan fingerprint density at radius 2 is 0.400 bits per heavy atom. The highest BCUT2D eigenvalue weighted by atomic mass is 32.5. The van der Waals surface area contributed by atoms with Crippen molar-refractivity contribution in [3.8, 4) is 0 Å². The number of hydrogen-bond donors (Lipinski definition) is 0. The lowest BCUT2D eigenvalue weighted by atomic mass is 10.4. The molecule has 0 unspecified atom stereocenters. The maximum absolute atomic E-state index is 2.42. The van der Waals surface area contributed by atoms with Gasteiger partial charge in [0.15, 0.2) is 13.9 Å². The van der Waals surface area contributed by atoms with E-state index in [9.17, 15) is 0 Å². The quantitative estimate of drug-likeness (QED) is 0.140. The zero-order valence-electron chi connectivity index (χ0n) is 25.0. The molecule has 0 atom stereocenters. The van der Waals surface area contributed by atoms with E-state index >= 15 is 0 Å². The van der Waals surface area contributed by atoms with Gasteiger partial charge in [-0.05, 0) is 84.9 Å². The normalized spacial score (nSPS) is 11.8. The van der Waals surface area contributed by atoms with Gasteiger partial charge in [-0.1, -0.05) is 127 Å². The van der Waals surface area contributed by atoms with Crippen molar-refractivity contribution in [1.29, 1.82) is 0 Å². The van der Waals surface area contributed by atoms with Crippen molar-refractivity contribution in [3.63, 3.8) is 0 Å². The third-order valence-corrected chi connectivity index (χ3v) is 30.3. The van der Waals surface area contributed by atoms with E-state index in [4.69, 9.17) is 0 Å². The molecule has 0 spiro atoms. The highest BCUT2D eigenvalue weighted by Gasteiger charge is 2.70.